The smallest absolute Gasteiger partial charge is 0.331 e. The van der Waals surface area contributed by atoms with Crippen LogP contribution in [-0.2, 0) is 9.63 Å². The second-order valence-corrected chi connectivity index (χ2v) is 5.01. The van der Waals surface area contributed by atoms with E-state index in [2.05, 4.69) is 9.99 Å². The third-order valence-electron chi connectivity index (χ3n) is 3.39. The standard InChI is InChI=1S/C16H12N2O5/c1-9(17-23-10(2)19)11-3-5-15-13(7-11)14-8-12(18(20)21)4-6-16(14)22-15/h3-8H,1-2H3. The van der Waals surface area contributed by atoms with Gasteiger partial charge in [0.15, 0.2) is 0 Å². The fraction of sp³-hybridized carbons (Fsp3) is 0.125. The maximum Gasteiger partial charge on any atom is 0.331 e. The van der Waals surface area contributed by atoms with Crippen LogP contribution in [0.2, 0.25) is 0 Å². The zero-order chi connectivity index (χ0) is 16.6. The van der Waals surface area contributed by atoms with Gasteiger partial charge in [0.2, 0.25) is 0 Å². The number of rotatable bonds is 3. The summed E-state index contributed by atoms with van der Waals surface area (Å²) in [7, 11) is 0. The number of non-ortho nitro benzene ring substituents is 1. The minimum absolute atomic E-state index is 0.00379. The topological polar surface area (TPSA) is 94.9 Å². The maximum atomic E-state index is 10.9. The summed E-state index contributed by atoms with van der Waals surface area (Å²) in [6.45, 7) is 2.97. The second kappa shape index (κ2) is 5.53. The van der Waals surface area contributed by atoms with E-state index in [9.17, 15) is 14.9 Å². The molecule has 3 aromatic rings. The number of furan rings is 1. The van der Waals surface area contributed by atoms with Crippen molar-refractivity contribution in [2.24, 2.45) is 5.16 Å². The Morgan fingerprint density at radius 1 is 1.13 bits per heavy atom. The van der Waals surface area contributed by atoms with Gasteiger partial charge < -0.3 is 9.25 Å². The number of carbonyl (C=O) groups is 1. The molecule has 1 aromatic heterocycles. The highest BCUT2D eigenvalue weighted by Crippen LogP contribution is 2.32. The molecule has 0 saturated carbocycles. The van der Waals surface area contributed by atoms with Crippen molar-refractivity contribution < 1.29 is 19.0 Å². The first-order valence-electron chi connectivity index (χ1n) is 6.79. The summed E-state index contributed by atoms with van der Waals surface area (Å²) in [5.74, 6) is -0.505. The van der Waals surface area contributed by atoms with Crippen LogP contribution >= 0.6 is 0 Å². The number of oxime groups is 1. The summed E-state index contributed by atoms with van der Waals surface area (Å²) in [5, 5.41) is 16.1. The third kappa shape index (κ3) is 2.76. The second-order valence-electron chi connectivity index (χ2n) is 5.01. The highest BCUT2D eigenvalue weighted by Gasteiger charge is 2.13. The van der Waals surface area contributed by atoms with E-state index in [1.54, 1.807) is 31.2 Å². The number of benzene rings is 2. The van der Waals surface area contributed by atoms with E-state index in [0.29, 0.717) is 22.3 Å². The van der Waals surface area contributed by atoms with Crippen LogP contribution in [0.1, 0.15) is 19.4 Å². The van der Waals surface area contributed by atoms with E-state index in [4.69, 9.17) is 4.42 Å². The molecule has 2 aromatic carbocycles. The summed E-state index contributed by atoms with van der Waals surface area (Å²) in [5.41, 5.74) is 2.42. The Hall–Kier alpha value is -3.22. The molecule has 0 bridgehead atoms. The van der Waals surface area contributed by atoms with Crippen molar-refractivity contribution in [3.8, 4) is 0 Å². The number of nitrogens with zero attached hydrogens (tertiary/aromatic N) is 2. The van der Waals surface area contributed by atoms with Gasteiger partial charge in [0.1, 0.15) is 11.2 Å². The summed E-state index contributed by atoms with van der Waals surface area (Å²) in [4.78, 5) is 25.9. The van der Waals surface area contributed by atoms with Gasteiger partial charge in [0, 0.05) is 29.8 Å². The van der Waals surface area contributed by atoms with Gasteiger partial charge in [-0.15, -0.1) is 0 Å². The van der Waals surface area contributed by atoms with Crippen molar-refractivity contribution in [1.29, 1.82) is 0 Å². The monoisotopic (exact) mass is 312 g/mol. The third-order valence-corrected chi connectivity index (χ3v) is 3.39. The van der Waals surface area contributed by atoms with Crippen LogP contribution in [0.25, 0.3) is 21.9 Å². The molecule has 0 atom stereocenters. The molecule has 3 rings (SSSR count). The first-order chi connectivity index (χ1) is 11.0. The molecule has 116 valence electrons. The largest absolute Gasteiger partial charge is 0.456 e. The van der Waals surface area contributed by atoms with Crippen LogP contribution < -0.4 is 0 Å². The van der Waals surface area contributed by atoms with Crippen LogP contribution in [0, 0.1) is 10.1 Å². The maximum absolute atomic E-state index is 10.9. The zero-order valence-electron chi connectivity index (χ0n) is 12.4. The van der Waals surface area contributed by atoms with E-state index in [1.807, 2.05) is 0 Å². The SMILES string of the molecule is CC(=O)ON=C(C)c1ccc2oc3ccc([N+](=O)[O-])cc3c2c1. The van der Waals surface area contributed by atoms with E-state index in [-0.39, 0.29) is 5.69 Å². The van der Waals surface area contributed by atoms with Gasteiger partial charge in [-0.25, -0.2) is 4.79 Å². The normalized spacial score (nSPS) is 11.8. The summed E-state index contributed by atoms with van der Waals surface area (Å²) >= 11 is 0. The number of nitro benzene ring substituents is 1. The molecule has 1 heterocycles. The van der Waals surface area contributed by atoms with E-state index < -0.39 is 10.9 Å². The molecule has 0 unspecified atom stereocenters. The predicted octanol–water partition coefficient (Wildman–Crippen LogP) is 3.78. The quantitative estimate of drug-likeness (QED) is 0.317. The van der Waals surface area contributed by atoms with Gasteiger partial charge in [-0.2, -0.15) is 0 Å². The zero-order valence-corrected chi connectivity index (χ0v) is 12.4. The molecule has 0 radical (unpaired) electrons. The fourth-order valence-electron chi connectivity index (χ4n) is 2.29. The van der Waals surface area contributed by atoms with Crippen molar-refractivity contribution in [2.75, 3.05) is 0 Å². The Morgan fingerprint density at radius 2 is 1.78 bits per heavy atom. The predicted molar refractivity (Wildman–Crippen MR) is 84.4 cm³/mol. The number of hydrogen-bond donors (Lipinski definition) is 0. The molecule has 0 aliphatic carbocycles. The van der Waals surface area contributed by atoms with Crippen molar-refractivity contribution in [1.82, 2.24) is 0 Å². The average Bonchev–Trinajstić information content (AvgIpc) is 2.89. The number of fused-ring (bicyclic) bond motifs is 3. The minimum Gasteiger partial charge on any atom is -0.456 e. The van der Waals surface area contributed by atoms with Crippen LogP contribution in [-0.4, -0.2) is 16.6 Å². The van der Waals surface area contributed by atoms with Crippen molar-refractivity contribution in [3.63, 3.8) is 0 Å². The number of carbonyl (C=O) groups excluding carboxylic acids is 1. The highest BCUT2D eigenvalue weighted by molar-refractivity contribution is 6.09. The Labute approximate surface area is 130 Å². The van der Waals surface area contributed by atoms with Gasteiger partial charge in [0.25, 0.3) is 5.69 Å². The Morgan fingerprint density at radius 3 is 2.43 bits per heavy atom. The van der Waals surface area contributed by atoms with Gasteiger partial charge >= 0.3 is 5.97 Å². The summed E-state index contributed by atoms with van der Waals surface area (Å²) in [6.07, 6.45) is 0. The Bertz CT molecular complexity index is 971. The molecular weight excluding hydrogens is 300 g/mol. The van der Waals surface area contributed by atoms with Gasteiger partial charge in [-0.3, -0.25) is 10.1 Å². The molecular formula is C16H12N2O5. The average molecular weight is 312 g/mol. The molecule has 0 aliphatic rings. The molecule has 7 heteroatoms. The lowest BCUT2D eigenvalue weighted by atomic mass is 10.1. The summed E-state index contributed by atoms with van der Waals surface area (Å²) in [6, 6.07) is 9.79. The van der Waals surface area contributed by atoms with Crippen LogP contribution in [0.5, 0.6) is 0 Å². The van der Waals surface area contributed by atoms with Crippen molar-refractivity contribution in [2.45, 2.75) is 13.8 Å². The van der Waals surface area contributed by atoms with E-state index >= 15 is 0 Å². The molecule has 0 spiro atoms. The molecule has 0 aliphatic heterocycles. The minimum atomic E-state index is -0.505. The number of nitro groups is 1. The fourth-order valence-corrected chi connectivity index (χ4v) is 2.29. The first-order valence-corrected chi connectivity index (χ1v) is 6.79. The lowest BCUT2D eigenvalue weighted by molar-refractivity contribution is -0.384. The van der Waals surface area contributed by atoms with Crippen LogP contribution in [0.4, 0.5) is 5.69 Å². The molecule has 0 fully saturated rings. The number of hydrogen-bond acceptors (Lipinski definition) is 6. The molecule has 23 heavy (non-hydrogen) atoms. The molecule has 0 amide bonds. The first kappa shape index (κ1) is 14.7. The van der Waals surface area contributed by atoms with E-state index in [1.165, 1.54) is 19.1 Å². The summed E-state index contributed by atoms with van der Waals surface area (Å²) < 4.78 is 5.67. The Kier molecular flexibility index (Phi) is 3.53. The van der Waals surface area contributed by atoms with Gasteiger partial charge in [-0.1, -0.05) is 5.16 Å². The van der Waals surface area contributed by atoms with E-state index in [0.717, 1.165) is 10.9 Å². The van der Waals surface area contributed by atoms with Gasteiger partial charge in [0.05, 0.1) is 10.6 Å². The molecule has 7 nitrogen and oxygen atoms in total. The van der Waals surface area contributed by atoms with Crippen molar-refractivity contribution in [3.05, 3.63) is 52.1 Å². The molecule has 0 saturated heterocycles. The van der Waals surface area contributed by atoms with Crippen LogP contribution in [0.3, 0.4) is 0 Å². The Balaban J connectivity index is 2.15. The molecule has 0 N–H and O–H groups in total. The van der Waals surface area contributed by atoms with Crippen molar-refractivity contribution >= 4 is 39.3 Å². The van der Waals surface area contributed by atoms with Crippen LogP contribution in [0.15, 0.2) is 46.0 Å². The lowest BCUT2D eigenvalue weighted by Gasteiger charge is -2.00. The lowest BCUT2D eigenvalue weighted by Crippen LogP contribution is -1.99. The highest BCUT2D eigenvalue weighted by atomic mass is 16.7. The van der Waals surface area contributed by atoms with Gasteiger partial charge in [-0.05, 0) is 36.8 Å².